The minimum Gasteiger partial charge on any atom is -0.744 e. The van der Waals surface area contributed by atoms with Crippen LogP contribution in [-0.4, -0.2) is 70.2 Å². The van der Waals surface area contributed by atoms with E-state index in [4.69, 9.17) is 18.9 Å². The summed E-state index contributed by atoms with van der Waals surface area (Å²) in [5.41, 5.74) is 2.13. The van der Waals surface area contributed by atoms with E-state index in [1.165, 1.54) is 52.9 Å². The van der Waals surface area contributed by atoms with Gasteiger partial charge in [0.05, 0.1) is 42.9 Å². The molecule has 4 aromatic carbocycles. The zero-order chi connectivity index (χ0) is 53.2. The number of esters is 2. The van der Waals surface area contributed by atoms with Gasteiger partial charge in [0.2, 0.25) is 0 Å². The third kappa shape index (κ3) is 10.5. The molecular formula is C63H83O9PS. The van der Waals surface area contributed by atoms with Crippen LogP contribution in [0.5, 0.6) is 0 Å². The predicted octanol–water partition coefficient (Wildman–Crippen LogP) is 12.0. The van der Waals surface area contributed by atoms with E-state index < -0.39 is 22.8 Å². The van der Waals surface area contributed by atoms with Crippen LogP contribution < -0.4 is 15.9 Å². The van der Waals surface area contributed by atoms with E-state index in [0.717, 1.165) is 56.7 Å². The molecule has 0 radical (unpaired) electrons. The highest BCUT2D eigenvalue weighted by molar-refractivity contribution is 7.95. The molecule has 400 valence electrons. The maximum atomic E-state index is 14.6. The fourth-order valence-corrected chi connectivity index (χ4v) is 20.9. The first-order chi connectivity index (χ1) is 35.1. The topological polar surface area (TPSA) is 128 Å². The summed E-state index contributed by atoms with van der Waals surface area (Å²) in [6.45, 7) is 24.9. The van der Waals surface area contributed by atoms with E-state index in [-0.39, 0.29) is 57.1 Å². The molecule has 5 aliphatic rings. The van der Waals surface area contributed by atoms with Crippen molar-refractivity contribution in [3.63, 3.8) is 0 Å². The van der Waals surface area contributed by atoms with Gasteiger partial charge in [-0.3, -0.25) is 9.59 Å². The number of allylic oxidation sites excluding steroid dienone is 1. The van der Waals surface area contributed by atoms with Crippen LogP contribution in [0.4, 0.5) is 0 Å². The number of benzene rings is 4. The molecule has 5 aliphatic carbocycles. The lowest BCUT2D eigenvalue weighted by molar-refractivity contribution is -0.250. The van der Waals surface area contributed by atoms with Gasteiger partial charge in [0.1, 0.15) is 46.0 Å². The second kappa shape index (κ2) is 22.4. The molecule has 11 heteroatoms. The van der Waals surface area contributed by atoms with Crippen molar-refractivity contribution in [2.75, 3.05) is 39.2 Å². The van der Waals surface area contributed by atoms with E-state index >= 15 is 0 Å². The van der Waals surface area contributed by atoms with Gasteiger partial charge < -0.3 is 23.5 Å². The normalized spacial score (nSPS) is 31.0. The van der Waals surface area contributed by atoms with Gasteiger partial charge in [0.15, 0.2) is 0 Å². The summed E-state index contributed by atoms with van der Waals surface area (Å²) in [6.07, 6.45) is 11.5. The fourth-order valence-electron chi connectivity index (χ4n) is 16.3. The third-order valence-electron chi connectivity index (χ3n) is 20.0. The van der Waals surface area contributed by atoms with Gasteiger partial charge in [-0.1, -0.05) is 119 Å². The Labute approximate surface area is 444 Å². The van der Waals surface area contributed by atoms with Crippen molar-refractivity contribution in [2.24, 2.45) is 56.7 Å². The molecule has 5 fully saturated rings. The van der Waals surface area contributed by atoms with Crippen LogP contribution in [0.15, 0.2) is 132 Å². The molecule has 9 nitrogen and oxygen atoms in total. The first-order valence-electron chi connectivity index (χ1n) is 27.4. The van der Waals surface area contributed by atoms with Crippen molar-refractivity contribution >= 4 is 45.2 Å². The average Bonchev–Trinajstić information content (AvgIpc) is 3.80. The molecule has 0 bridgehead atoms. The molecule has 0 saturated heterocycles. The molecule has 9 rings (SSSR count). The smallest absolute Gasteiger partial charge is 0.312 e. The first kappa shape index (κ1) is 56.0. The second-order valence-corrected chi connectivity index (χ2v) is 29.0. The molecule has 0 N–H and O–H groups in total. The number of hydrogen-bond acceptors (Lipinski definition) is 9. The maximum absolute atomic E-state index is 14.6. The van der Waals surface area contributed by atoms with Crippen LogP contribution in [0.1, 0.15) is 118 Å². The van der Waals surface area contributed by atoms with Crippen LogP contribution in [0, 0.1) is 63.6 Å². The molecule has 4 aromatic rings. The van der Waals surface area contributed by atoms with Gasteiger partial charge in [-0.05, 0) is 172 Å². The Kier molecular flexibility index (Phi) is 17.0. The molecule has 0 amide bonds. The number of ether oxygens (including phenoxy) is 4. The van der Waals surface area contributed by atoms with Crippen LogP contribution in [0.25, 0.3) is 0 Å². The summed E-state index contributed by atoms with van der Waals surface area (Å²) in [5.74, 6) is 2.01. The summed E-state index contributed by atoms with van der Waals surface area (Å²) in [7, 11) is -6.22. The zero-order valence-corrected chi connectivity index (χ0v) is 47.2. The molecule has 0 heterocycles. The standard InChI is InChI=1S/C56H76O6P.C7H8O3S/c1-40(2)45-26-31-56(33-32-54(7)46(50(45)56)24-25-48-53(6)29-28-49(62-41(3)57)52(4,5)47(53)27-30-55(48,54)8)51(58)61-37-36-59-34-35-60-38-39-63(42-18-12-9-13-19-42,43-20-14-10-15-21-43)44-22-16-11-17-23-44;1-6-2-4-7(5-3-6)11(8,9)10/h9-23,45-50H,1,24-39H2,2-8H3;2-5H,1H3,(H,8,9,10)/q+1;/p-1/t45-,46+,47-,48+,49-,50+,53-,54+,55+,56-;/m0./s1. The second-order valence-electron chi connectivity index (χ2n) is 24.0. The van der Waals surface area contributed by atoms with E-state index in [9.17, 15) is 22.6 Å². The summed E-state index contributed by atoms with van der Waals surface area (Å²) in [4.78, 5) is 26.6. The van der Waals surface area contributed by atoms with Crippen molar-refractivity contribution in [3.8, 4) is 0 Å². The summed E-state index contributed by atoms with van der Waals surface area (Å²) >= 11 is 0. The van der Waals surface area contributed by atoms with Gasteiger partial charge >= 0.3 is 11.9 Å². The largest absolute Gasteiger partial charge is 0.744 e. The predicted molar refractivity (Wildman–Crippen MR) is 296 cm³/mol. The highest BCUT2D eigenvalue weighted by Crippen LogP contribution is 2.77. The van der Waals surface area contributed by atoms with E-state index in [2.05, 4.69) is 139 Å². The van der Waals surface area contributed by atoms with Gasteiger partial charge in [0.25, 0.3) is 0 Å². The van der Waals surface area contributed by atoms with Crippen LogP contribution in [-0.2, 0) is 38.7 Å². The van der Waals surface area contributed by atoms with Crippen LogP contribution >= 0.6 is 7.26 Å². The monoisotopic (exact) mass is 1050 g/mol. The van der Waals surface area contributed by atoms with Crippen molar-refractivity contribution in [1.29, 1.82) is 0 Å². The van der Waals surface area contributed by atoms with Gasteiger partial charge in [-0.25, -0.2) is 8.42 Å². The van der Waals surface area contributed by atoms with Crippen molar-refractivity contribution < 1.29 is 41.5 Å². The van der Waals surface area contributed by atoms with Gasteiger partial charge in [-0.15, -0.1) is 0 Å². The van der Waals surface area contributed by atoms with Crippen LogP contribution in [0.3, 0.4) is 0 Å². The molecule has 5 saturated carbocycles. The maximum Gasteiger partial charge on any atom is 0.312 e. The molecule has 10 atom stereocenters. The van der Waals surface area contributed by atoms with Crippen molar-refractivity contribution in [2.45, 2.75) is 131 Å². The Morgan fingerprint density at radius 3 is 1.73 bits per heavy atom. The highest BCUT2D eigenvalue weighted by atomic mass is 32.2. The number of carbonyl (C=O) groups is 2. The number of aryl methyl sites for hydroxylation is 1. The quantitative estimate of drug-likeness (QED) is 0.0354. The molecule has 0 aromatic heterocycles. The minimum absolute atomic E-state index is 0.00492. The Morgan fingerprint density at radius 1 is 0.635 bits per heavy atom. The Morgan fingerprint density at radius 2 is 1.19 bits per heavy atom. The van der Waals surface area contributed by atoms with Crippen LogP contribution in [0.2, 0.25) is 0 Å². The van der Waals surface area contributed by atoms with E-state index in [1.807, 2.05) is 6.92 Å². The number of carbonyl (C=O) groups excluding carboxylic acids is 2. The lowest BCUT2D eigenvalue weighted by atomic mass is 9.32. The fraction of sp³-hybridized carbons (Fsp3) is 0.556. The molecular weight excluding hydrogens is 964 g/mol. The van der Waals surface area contributed by atoms with Gasteiger partial charge in [-0.2, -0.15) is 0 Å². The lowest BCUT2D eigenvalue weighted by Gasteiger charge is -2.72. The number of hydrogen-bond donors (Lipinski definition) is 0. The van der Waals surface area contributed by atoms with Gasteiger partial charge in [0, 0.05) is 12.3 Å². The van der Waals surface area contributed by atoms with E-state index in [1.54, 1.807) is 19.1 Å². The average molecular weight is 1050 g/mol. The molecule has 74 heavy (non-hydrogen) atoms. The van der Waals surface area contributed by atoms with Crippen molar-refractivity contribution in [1.82, 2.24) is 0 Å². The SMILES string of the molecule is C=C(C)[C@@H]1CC[C@]2(C(=O)OCCOCCOCC[P+](c3ccccc3)(c3ccccc3)c3ccccc3)CC[C@]3(C)[C@H](CC[C@@H]4[C@@]5(C)CC[C@H](OC(C)=O)C(C)(C)[C@@H]5CC[C@]43C)[C@@H]12.Cc1ccc(S(=O)(=O)[O-])cc1. The highest BCUT2D eigenvalue weighted by Gasteiger charge is 2.72. The zero-order valence-electron chi connectivity index (χ0n) is 45.5. The summed E-state index contributed by atoms with van der Waals surface area (Å²) in [5, 5.41) is 4.07. The van der Waals surface area contributed by atoms with E-state index in [0.29, 0.717) is 50.1 Å². The molecule has 0 unspecified atom stereocenters. The minimum atomic E-state index is -4.27. The Bertz CT molecular complexity index is 2580. The van der Waals surface area contributed by atoms with Crippen molar-refractivity contribution in [3.05, 3.63) is 133 Å². The Balaban J connectivity index is 0.000000588. The molecule has 0 aliphatic heterocycles. The summed E-state index contributed by atoms with van der Waals surface area (Å²) < 4.78 is 55.8. The lowest BCUT2D eigenvalue weighted by Crippen LogP contribution is -2.67. The summed E-state index contributed by atoms with van der Waals surface area (Å²) in [6, 6.07) is 38.6. The number of rotatable bonds is 16. The third-order valence-corrected chi connectivity index (χ3v) is 25.3. The molecule has 0 spiro atoms. The Hall–Kier alpha value is -4.18. The number of fused-ring (bicyclic) bond motifs is 7. The first-order valence-corrected chi connectivity index (χ1v) is 30.8.